The molecule has 0 bridgehead atoms. The Morgan fingerprint density at radius 2 is 1.88 bits per heavy atom. The van der Waals surface area contributed by atoms with Crippen LogP contribution in [0.25, 0.3) is 0 Å². The topological polar surface area (TPSA) is 64.4 Å². The number of nitrogens with one attached hydrogen (secondary N) is 1. The fourth-order valence-electron chi connectivity index (χ4n) is 1.75. The third kappa shape index (κ3) is 3.17. The van der Waals surface area contributed by atoms with Crippen molar-refractivity contribution < 1.29 is 9.53 Å². The first-order valence-electron chi connectivity index (χ1n) is 5.54. The summed E-state index contributed by atoms with van der Waals surface area (Å²) in [6, 6.07) is 7.65. The van der Waals surface area contributed by atoms with Gasteiger partial charge in [0.1, 0.15) is 5.54 Å². The minimum Gasteiger partial charge on any atom is -0.381 e. The molecule has 1 aromatic rings. The summed E-state index contributed by atoms with van der Waals surface area (Å²) in [5.41, 5.74) is 6.08. The van der Waals surface area contributed by atoms with E-state index >= 15 is 0 Å². The van der Waals surface area contributed by atoms with Crippen molar-refractivity contribution in [2.75, 3.05) is 18.5 Å². The average molecular weight is 346 g/mol. The van der Waals surface area contributed by atoms with Gasteiger partial charge in [0.15, 0.2) is 0 Å². The van der Waals surface area contributed by atoms with Gasteiger partial charge in [-0.1, -0.05) is 0 Å². The zero-order valence-electron chi connectivity index (χ0n) is 9.41. The van der Waals surface area contributed by atoms with Gasteiger partial charge >= 0.3 is 0 Å². The van der Waals surface area contributed by atoms with Gasteiger partial charge in [-0.2, -0.15) is 0 Å². The molecule has 0 unspecified atom stereocenters. The normalized spacial score (nSPS) is 18.7. The highest BCUT2D eigenvalue weighted by Gasteiger charge is 2.35. The molecule has 0 saturated carbocycles. The molecule has 0 radical (unpaired) electrons. The Kier molecular flexibility index (Phi) is 4.01. The molecule has 1 fully saturated rings. The molecular formula is C12H15IN2O2. The lowest BCUT2D eigenvalue weighted by Crippen LogP contribution is -2.54. The number of hydrogen-bond donors (Lipinski definition) is 2. The van der Waals surface area contributed by atoms with Crippen molar-refractivity contribution in [2.45, 2.75) is 18.4 Å². The molecule has 1 saturated heterocycles. The van der Waals surface area contributed by atoms with E-state index in [1.54, 1.807) is 0 Å². The molecule has 2 rings (SSSR count). The van der Waals surface area contributed by atoms with Gasteiger partial charge in [0.25, 0.3) is 0 Å². The maximum Gasteiger partial charge on any atom is 0.244 e. The molecule has 1 amide bonds. The molecule has 0 aromatic heterocycles. The Bertz CT molecular complexity index is 399. The molecular weight excluding hydrogens is 331 g/mol. The standard InChI is InChI=1S/C12H15IN2O2/c13-9-1-3-10(4-2-9)15-11(16)12(14)5-7-17-8-6-12/h1-4H,5-8,14H2,(H,15,16). The van der Waals surface area contributed by atoms with Gasteiger partial charge in [-0.15, -0.1) is 0 Å². The monoisotopic (exact) mass is 346 g/mol. The zero-order chi connectivity index (χ0) is 12.3. The fourth-order valence-corrected chi connectivity index (χ4v) is 2.11. The van der Waals surface area contributed by atoms with E-state index in [1.807, 2.05) is 24.3 Å². The quantitative estimate of drug-likeness (QED) is 0.802. The summed E-state index contributed by atoms with van der Waals surface area (Å²) in [5.74, 6) is -0.123. The van der Waals surface area contributed by atoms with Crippen molar-refractivity contribution in [1.82, 2.24) is 0 Å². The van der Waals surface area contributed by atoms with Crippen LogP contribution in [0.5, 0.6) is 0 Å². The van der Waals surface area contributed by atoms with Crippen LogP contribution in [-0.2, 0) is 9.53 Å². The minimum absolute atomic E-state index is 0.123. The third-order valence-electron chi connectivity index (χ3n) is 2.94. The molecule has 1 heterocycles. The maximum atomic E-state index is 12.1. The smallest absolute Gasteiger partial charge is 0.244 e. The first-order chi connectivity index (χ1) is 8.10. The predicted octanol–water partition coefficient (Wildman–Crippen LogP) is 1.74. The van der Waals surface area contributed by atoms with Gasteiger partial charge < -0.3 is 15.8 Å². The lowest BCUT2D eigenvalue weighted by molar-refractivity contribution is -0.124. The van der Waals surface area contributed by atoms with Crippen LogP contribution in [0, 0.1) is 3.57 Å². The average Bonchev–Trinajstić information content (AvgIpc) is 2.33. The van der Waals surface area contributed by atoms with E-state index in [-0.39, 0.29) is 5.91 Å². The Morgan fingerprint density at radius 3 is 2.47 bits per heavy atom. The van der Waals surface area contributed by atoms with E-state index < -0.39 is 5.54 Å². The van der Waals surface area contributed by atoms with E-state index in [2.05, 4.69) is 27.9 Å². The van der Waals surface area contributed by atoms with Crippen molar-refractivity contribution in [2.24, 2.45) is 5.73 Å². The van der Waals surface area contributed by atoms with Crippen LogP contribution in [0.15, 0.2) is 24.3 Å². The molecule has 1 aromatic carbocycles. The summed E-state index contributed by atoms with van der Waals surface area (Å²) in [5, 5.41) is 2.86. The second-order valence-electron chi connectivity index (χ2n) is 4.23. The number of nitrogens with two attached hydrogens (primary N) is 1. The van der Waals surface area contributed by atoms with Gasteiger partial charge in [-0.3, -0.25) is 4.79 Å². The van der Waals surface area contributed by atoms with E-state index in [1.165, 1.54) is 0 Å². The van der Waals surface area contributed by atoms with Crippen molar-refractivity contribution in [1.29, 1.82) is 0 Å². The van der Waals surface area contributed by atoms with Gasteiger partial charge in [0.05, 0.1) is 0 Å². The SMILES string of the molecule is NC1(C(=O)Nc2ccc(I)cc2)CCOCC1. The van der Waals surface area contributed by atoms with E-state index in [4.69, 9.17) is 10.5 Å². The molecule has 1 aliphatic heterocycles. The number of anilines is 1. The number of halogens is 1. The third-order valence-corrected chi connectivity index (χ3v) is 3.66. The predicted molar refractivity (Wildman–Crippen MR) is 74.8 cm³/mol. The van der Waals surface area contributed by atoms with Crippen LogP contribution in [0.1, 0.15) is 12.8 Å². The summed E-state index contributed by atoms with van der Waals surface area (Å²) in [6.45, 7) is 1.10. The molecule has 3 N–H and O–H groups in total. The van der Waals surface area contributed by atoms with E-state index in [9.17, 15) is 4.79 Å². The van der Waals surface area contributed by atoms with E-state index in [0.29, 0.717) is 26.1 Å². The second kappa shape index (κ2) is 5.32. The second-order valence-corrected chi connectivity index (χ2v) is 5.48. The van der Waals surface area contributed by atoms with Crippen molar-refractivity contribution in [3.05, 3.63) is 27.8 Å². The molecule has 4 nitrogen and oxygen atoms in total. The number of rotatable bonds is 2. The number of amides is 1. The molecule has 5 heteroatoms. The minimum atomic E-state index is -0.790. The van der Waals surface area contributed by atoms with Gasteiger partial charge in [0, 0.05) is 22.5 Å². The fraction of sp³-hybridized carbons (Fsp3) is 0.417. The van der Waals surface area contributed by atoms with Gasteiger partial charge in [0.2, 0.25) is 5.91 Å². The summed E-state index contributed by atoms with van der Waals surface area (Å²) in [4.78, 5) is 12.1. The van der Waals surface area contributed by atoms with E-state index in [0.717, 1.165) is 9.26 Å². The molecule has 1 aliphatic rings. The van der Waals surface area contributed by atoms with Crippen molar-refractivity contribution >= 4 is 34.2 Å². The highest BCUT2D eigenvalue weighted by Crippen LogP contribution is 2.20. The van der Waals surface area contributed by atoms with Gasteiger partial charge in [-0.25, -0.2) is 0 Å². The van der Waals surface area contributed by atoms with Crippen LogP contribution in [-0.4, -0.2) is 24.7 Å². The molecule has 0 aliphatic carbocycles. The number of hydrogen-bond acceptors (Lipinski definition) is 3. The van der Waals surface area contributed by atoms with Crippen LogP contribution in [0.3, 0.4) is 0 Å². The highest BCUT2D eigenvalue weighted by molar-refractivity contribution is 14.1. The summed E-state index contributed by atoms with van der Waals surface area (Å²) < 4.78 is 6.35. The lowest BCUT2D eigenvalue weighted by Gasteiger charge is -2.31. The number of benzene rings is 1. The summed E-state index contributed by atoms with van der Waals surface area (Å²) in [7, 11) is 0. The van der Waals surface area contributed by atoms with Gasteiger partial charge in [-0.05, 0) is 59.7 Å². The van der Waals surface area contributed by atoms with Crippen LogP contribution in [0.4, 0.5) is 5.69 Å². The maximum absolute atomic E-state index is 12.1. The summed E-state index contributed by atoms with van der Waals surface area (Å²) >= 11 is 2.22. The largest absolute Gasteiger partial charge is 0.381 e. The molecule has 92 valence electrons. The molecule has 17 heavy (non-hydrogen) atoms. The van der Waals surface area contributed by atoms with Crippen molar-refractivity contribution in [3.8, 4) is 0 Å². The molecule has 0 atom stereocenters. The number of carbonyl (C=O) groups excluding carboxylic acids is 1. The lowest BCUT2D eigenvalue weighted by atomic mass is 9.90. The highest BCUT2D eigenvalue weighted by atomic mass is 127. The number of carbonyl (C=O) groups is 1. The first kappa shape index (κ1) is 12.8. The Hall–Kier alpha value is -0.660. The molecule has 0 spiro atoms. The van der Waals surface area contributed by atoms with Crippen LogP contribution in [0.2, 0.25) is 0 Å². The Morgan fingerprint density at radius 1 is 1.29 bits per heavy atom. The zero-order valence-corrected chi connectivity index (χ0v) is 11.6. The van der Waals surface area contributed by atoms with Crippen molar-refractivity contribution in [3.63, 3.8) is 0 Å². The summed E-state index contributed by atoms with van der Waals surface area (Å²) in [6.07, 6.45) is 1.15. The van der Waals surface area contributed by atoms with Crippen LogP contribution >= 0.6 is 22.6 Å². The number of ether oxygens (including phenoxy) is 1. The Labute approximate surface area is 114 Å². The van der Waals surface area contributed by atoms with Crippen LogP contribution < -0.4 is 11.1 Å². The Balaban J connectivity index is 2.03. The first-order valence-corrected chi connectivity index (χ1v) is 6.62.